The summed E-state index contributed by atoms with van der Waals surface area (Å²) in [6.07, 6.45) is 3.65. The summed E-state index contributed by atoms with van der Waals surface area (Å²) in [4.78, 5) is 263. The number of carbonyl (C=O) groups is 17. The molecule has 0 radical (unpaired) electrons. The van der Waals surface area contributed by atoms with Crippen LogP contribution in [0, 0.1) is 11.3 Å². The molecule has 135 heavy (non-hydrogen) atoms. The van der Waals surface area contributed by atoms with E-state index < -0.39 is 222 Å². The smallest absolute Gasteiger partial charge is 0.246 e. The Labute approximate surface area is 790 Å². The molecule has 6 heterocycles. The summed E-state index contributed by atoms with van der Waals surface area (Å²) < 4.78 is 0.827. The Balaban J connectivity index is 1.10. The van der Waals surface area contributed by atoms with E-state index in [1.165, 1.54) is 78.4 Å². The standard InChI is InChI=1S/C92H128N22O19S2/c1-9-11-26-70-84(126)102-61(25-18-36-98-92(95)96)80(122)109-69(79(121)100-46-76(94)118)49-134-50-77(119)101-65(40-53-31-33-57(116)34-32-53)87(129)110(6)52(5)78(120)105-67(44-75(93)117)90(132)114-38-20-29-72(114)86(128)104-63(43-56-21-17-35-97-56)82(124)106-64(39-51(3)4)89(131)113-37-19-28-71(113)85(127)103-62(41-54-45-99-60-24-15-13-22-58(54)60)81(123)108-68(47-115)83(125)107-66(42-55-48-135-74-30-16-14-23-59(55)74)88(130)112(8)73(27-12-10-2)91(133)111(70)7/h13-17,21-24,30-35,45,48,51-52,61-73,97,99,115-116H,9-12,18-20,25-29,36-44,46-47,49-50H2,1-8H3,(H2,93,117)(H2,94,118)(H,100,121)(H,101,119)(H,102,126)(H,103,127)(H,104,128)(H,105,120)(H,106,124)(H,107,125)(H,108,123)(H,109,122)(H4,95,96,98)/t52-,61-,62-,63-,64-,65-,66-,67-,68-,69-,70-,71-,72-,73-/m0/s1. The van der Waals surface area contributed by atoms with E-state index in [0.717, 1.165) is 31.6 Å². The number of phenolic OH excluding ortho intramolecular Hbond substituents is 1. The molecule has 3 saturated heterocycles. The minimum absolute atomic E-state index is 0.00520. The van der Waals surface area contributed by atoms with Gasteiger partial charge in [0.1, 0.15) is 90.3 Å². The number of unbranched alkanes of at least 4 members (excludes halogenated alkanes) is 2. The number of H-pyrrole nitrogens is 2. The highest BCUT2D eigenvalue weighted by atomic mass is 32.2. The van der Waals surface area contributed by atoms with Crippen LogP contribution in [-0.4, -0.2) is 301 Å². The molecule has 17 amide bonds. The topological polar surface area (TPSA) is 613 Å². The number of primary amides is 2. The van der Waals surface area contributed by atoms with Crippen molar-refractivity contribution in [3.8, 4) is 5.75 Å². The molecule has 3 fully saturated rings. The van der Waals surface area contributed by atoms with Crippen LogP contribution in [0.1, 0.15) is 147 Å². The number of guanidine groups is 1. The van der Waals surface area contributed by atoms with E-state index in [2.05, 4.69) is 68.5 Å². The van der Waals surface area contributed by atoms with Gasteiger partial charge in [0.2, 0.25) is 100 Å². The number of nitrogens with two attached hydrogens (primary N) is 3. The lowest BCUT2D eigenvalue weighted by Crippen LogP contribution is -2.62. The van der Waals surface area contributed by atoms with Crippen LogP contribution in [0.3, 0.4) is 0 Å². The Morgan fingerprint density at radius 1 is 0.526 bits per heavy atom. The van der Waals surface area contributed by atoms with Gasteiger partial charge in [-0.25, -0.2) is 0 Å². The molecule has 3 aliphatic rings. The molecule has 0 bridgehead atoms. The molecule has 22 N–H and O–H groups in total. The molecule has 9 rings (SSSR count). The quantitative estimate of drug-likeness (QED) is 0.0184. The molecule has 3 aromatic carbocycles. The number of thioether (sulfide) groups is 1. The number of para-hydroxylation sites is 1. The van der Waals surface area contributed by atoms with Crippen molar-refractivity contribution in [1.82, 2.24) is 93.0 Å². The molecular weight excluding hydrogens is 1780 g/mol. The first kappa shape index (κ1) is 106. The minimum atomic E-state index is -1.84. The molecule has 14 atom stereocenters. The van der Waals surface area contributed by atoms with Crippen molar-refractivity contribution in [3.05, 3.63) is 125 Å². The third-order valence-electron chi connectivity index (χ3n) is 24.3. The summed E-state index contributed by atoms with van der Waals surface area (Å²) in [5.74, 6) is -17.1. The zero-order valence-electron chi connectivity index (χ0n) is 77.3. The van der Waals surface area contributed by atoms with E-state index in [1.54, 1.807) is 74.1 Å². The van der Waals surface area contributed by atoms with Gasteiger partial charge in [0.15, 0.2) is 5.96 Å². The first-order chi connectivity index (χ1) is 64.4. The number of aromatic nitrogens is 2. The highest BCUT2D eigenvalue weighted by Gasteiger charge is 2.46. The number of nitrogens with one attached hydrogen (secondary N) is 14. The fraction of sp³-hybridized carbons (Fsp3) is 0.522. The fourth-order valence-electron chi connectivity index (χ4n) is 16.8. The predicted molar refractivity (Wildman–Crippen MR) is 504 cm³/mol. The summed E-state index contributed by atoms with van der Waals surface area (Å²) in [7, 11) is 3.96. The lowest BCUT2D eigenvalue weighted by Gasteiger charge is -2.36. The molecule has 6 aromatic rings. The van der Waals surface area contributed by atoms with Gasteiger partial charge >= 0.3 is 0 Å². The molecule has 43 heteroatoms. The van der Waals surface area contributed by atoms with Gasteiger partial charge in [0.05, 0.1) is 25.3 Å². The molecule has 3 aliphatic heterocycles. The second kappa shape index (κ2) is 50.8. The average molecular weight is 1910 g/mol. The van der Waals surface area contributed by atoms with Crippen LogP contribution in [0.2, 0.25) is 0 Å². The van der Waals surface area contributed by atoms with Crippen molar-refractivity contribution in [2.75, 3.05) is 65.4 Å². The van der Waals surface area contributed by atoms with Crippen molar-refractivity contribution in [2.45, 2.75) is 235 Å². The highest BCUT2D eigenvalue weighted by molar-refractivity contribution is 8.00. The molecule has 0 saturated carbocycles. The van der Waals surface area contributed by atoms with Crippen LogP contribution >= 0.6 is 23.1 Å². The number of aliphatic hydroxyl groups excluding tert-OH is 1. The number of amides is 17. The van der Waals surface area contributed by atoms with Crippen LogP contribution in [0.15, 0.2) is 103 Å². The summed E-state index contributed by atoms with van der Waals surface area (Å²) in [6.45, 7) is 6.73. The largest absolute Gasteiger partial charge is 0.508 e. The molecule has 0 unspecified atom stereocenters. The van der Waals surface area contributed by atoms with Gasteiger partial charge < -0.3 is 120 Å². The van der Waals surface area contributed by atoms with Crippen molar-refractivity contribution in [1.29, 1.82) is 5.41 Å². The zero-order valence-corrected chi connectivity index (χ0v) is 78.9. The maximum Gasteiger partial charge on any atom is 0.246 e. The van der Waals surface area contributed by atoms with Crippen LogP contribution in [0.25, 0.3) is 21.0 Å². The lowest BCUT2D eigenvalue weighted by molar-refractivity contribution is -0.149. The Morgan fingerprint density at radius 2 is 1.07 bits per heavy atom. The predicted octanol–water partition coefficient (Wildman–Crippen LogP) is -0.561. The molecule has 0 aliphatic carbocycles. The minimum Gasteiger partial charge on any atom is -0.508 e. The second-order valence-electron chi connectivity index (χ2n) is 34.8. The fourth-order valence-corrected chi connectivity index (χ4v) is 18.6. The zero-order chi connectivity index (χ0) is 98.4. The van der Waals surface area contributed by atoms with E-state index in [1.807, 2.05) is 32.0 Å². The number of fused-ring (bicyclic) bond motifs is 4. The number of thiophene rings is 1. The number of aromatic hydroxyl groups is 1. The number of hydrogen-bond acceptors (Lipinski definition) is 22. The van der Waals surface area contributed by atoms with E-state index in [9.17, 15) is 53.4 Å². The Morgan fingerprint density at radius 3 is 1.69 bits per heavy atom. The van der Waals surface area contributed by atoms with Gasteiger partial charge in [-0.15, -0.1) is 23.1 Å². The van der Waals surface area contributed by atoms with E-state index >= 15 is 38.4 Å². The number of benzene rings is 3. The highest BCUT2D eigenvalue weighted by Crippen LogP contribution is 2.30. The van der Waals surface area contributed by atoms with Gasteiger partial charge in [0.25, 0.3) is 0 Å². The SMILES string of the molecule is CCCC[C@H]1C(=O)N(C)[C@@H](CCCC)C(=O)N[C@@H](CCCNC(=N)N)C(=O)N[C@H](C(=O)NCC(N)=O)CSCC(=O)N[C@@H](Cc2ccc(O)cc2)C(=O)N(C)[C@@H](C)C(=O)N[C@@H](CC(N)=O)C(=O)N2CCC[C@H]2C(=O)N[C@@H](Cc2ccc[nH]2)C(=O)N[C@@H](CC(C)C)C(=O)N2CCC[C@H]2C(=O)N[C@@H](Cc2c[nH]c3ccccc23)C(=O)N[C@@H](CO)C(=O)N[C@@H](Cc2csc3ccccc23)C(=O)N1C. The second-order valence-corrected chi connectivity index (χ2v) is 36.7. The van der Waals surface area contributed by atoms with Crippen LogP contribution in [-0.2, 0) is 107 Å². The van der Waals surface area contributed by atoms with Crippen molar-refractivity contribution >= 4 is 150 Å². The number of rotatable bonds is 26. The maximum atomic E-state index is 15.8. The van der Waals surface area contributed by atoms with Gasteiger partial charge in [-0.1, -0.05) is 102 Å². The Hall–Kier alpha value is -13.2. The number of carbonyl (C=O) groups excluding carboxylic acids is 17. The summed E-state index contributed by atoms with van der Waals surface area (Å²) in [5.41, 5.74) is 19.5. The van der Waals surface area contributed by atoms with Crippen molar-refractivity contribution in [2.24, 2.45) is 23.1 Å². The molecule has 0 spiro atoms. The van der Waals surface area contributed by atoms with Crippen LogP contribution in [0.4, 0.5) is 0 Å². The number of nitrogens with zero attached hydrogens (tertiary/aromatic N) is 5. The molecule has 732 valence electrons. The van der Waals surface area contributed by atoms with Crippen molar-refractivity contribution in [3.63, 3.8) is 0 Å². The average Bonchev–Trinajstić information content (AvgIpc) is 1.75. The first-order valence-electron chi connectivity index (χ1n) is 45.5. The van der Waals surface area contributed by atoms with E-state index in [4.69, 9.17) is 22.6 Å². The van der Waals surface area contributed by atoms with E-state index in [0.29, 0.717) is 59.0 Å². The van der Waals surface area contributed by atoms with Crippen LogP contribution < -0.4 is 75.7 Å². The number of hydrogen-bond donors (Lipinski definition) is 19. The monoisotopic (exact) mass is 1910 g/mol. The number of likely N-dealkylation sites (N-methyl/N-ethyl adjacent to an activating group) is 3. The lowest BCUT2D eigenvalue weighted by atomic mass is 10.00. The normalized spacial score (nSPS) is 24.2. The van der Waals surface area contributed by atoms with Gasteiger partial charge in [0, 0.05) is 106 Å². The molecule has 41 nitrogen and oxygen atoms in total. The Bertz CT molecular complexity index is 5210. The molecule has 3 aromatic heterocycles. The van der Waals surface area contributed by atoms with E-state index in [-0.39, 0.29) is 115 Å². The summed E-state index contributed by atoms with van der Waals surface area (Å²) in [6, 6.07) is 2.35. The number of phenols is 1. The summed E-state index contributed by atoms with van der Waals surface area (Å²) >= 11 is 2.13. The number of aliphatic hydroxyl groups is 1. The third-order valence-corrected chi connectivity index (χ3v) is 26.3. The molecular formula is C92H128N22O19S2. The number of aromatic amines is 2. The third kappa shape index (κ3) is 29.7. The first-order valence-corrected chi connectivity index (χ1v) is 47.6. The maximum absolute atomic E-state index is 15.8. The Kier molecular flexibility index (Phi) is 39.7. The van der Waals surface area contributed by atoms with Crippen molar-refractivity contribution < 1.29 is 91.7 Å². The summed E-state index contributed by atoms with van der Waals surface area (Å²) in [5, 5.41) is 62.0. The van der Waals surface area contributed by atoms with Gasteiger partial charge in [-0.3, -0.25) is 86.9 Å². The van der Waals surface area contributed by atoms with Gasteiger partial charge in [-0.05, 0) is 134 Å². The van der Waals surface area contributed by atoms with Gasteiger partial charge in [-0.2, -0.15) is 0 Å². The van der Waals surface area contributed by atoms with Crippen LogP contribution in [0.5, 0.6) is 5.75 Å².